The Kier molecular flexibility index (Phi) is 8.92. The molecular weight excluding hydrogens is 420 g/mol. The fourth-order valence-corrected chi connectivity index (χ4v) is 4.90. The molecule has 1 atom stereocenters. The smallest absolute Gasteiger partial charge is 0.153 e. The minimum absolute atomic E-state index is 0. The Hall–Kier alpha value is -0.770. The fourth-order valence-electron chi connectivity index (χ4n) is 2.90. The van der Waals surface area contributed by atoms with E-state index in [-0.39, 0.29) is 42.4 Å². The molecule has 2 heterocycles. The van der Waals surface area contributed by atoms with E-state index in [9.17, 15) is 12.8 Å². The highest BCUT2D eigenvalue weighted by Crippen LogP contribution is 2.25. The second-order valence-electron chi connectivity index (χ2n) is 6.05. The van der Waals surface area contributed by atoms with Crippen LogP contribution in [0.5, 0.6) is 0 Å². The Morgan fingerprint density at radius 3 is 2.85 bits per heavy atom. The average Bonchev–Trinajstić information content (AvgIpc) is 2.93. The van der Waals surface area contributed by atoms with Gasteiger partial charge in [-0.1, -0.05) is 12.1 Å². The third kappa shape index (κ3) is 6.44. The zero-order chi connectivity index (χ0) is 17.2. The van der Waals surface area contributed by atoms with Crippen LogP contribution in [-0.4, -0.2) is 44.2 Å². The van der Waals surface area contributed by atoms with Crippen molar-refractivity contribution >= 4 is 46.0 Å². The summed E-state index contributed by atoms with van der Waals surface area (Å²) in [5.41, 5.74) is 1.80. The molecule has 5 nitrogen and oxygen atoms in total. The van der Waals surface area contributed by atoms with Gasteiger partial charge in [0.1, 0.15) is 16.6 Å². The molecule has 0 amide bonds. The highest BCUT2D eigenvalue weighted by Gasteiger charge is 2.25. The first-order valence-corrected chi connectivity index (χ1v) is 10.7. The molecule has 10 heteroatoms. The van der Waals surface area contributed by atoms with Crippen LogP contribution in [0.25, 0.3) is 0 Å². The van der Waals surface area contributed by atoms with Crippen molar-refractivity contribution in [2.24, 2.45) is 0 Å². The van der Waals surface area contributed by atoms with E-state index >= 15 is 0 Å². The monoisotopic (exact) mass is 441 g/mol. The van der Waals surface area contributed by atoms with Crippen molar-refractivity contribution in [2.45, 2.75) is 18.3 Å². The summed E-state index contributed by atoms with van der Waals surface area (Å²) in [6.45, 7) is 3.08. The van der Waals surface area contributed by atoms with Crippen LogP contribution in [0.3, 0.4) is 0 Å². The van der Waals surface area contributed by atoms with Crippen LogP contribution in [0.4, 0.5) is 4.39 Å². The van der Waals surface area contributed by atoms with Gasteiger partial charge in [-0.3, -0.25) is 4.90 Å². The molecule has 1 N–H and O–H groups in total. The molecule has 3 rings (SSSR count). The summed E-state index contributed by atoms with van der Waals surface area (Å²) in [4.78, 5) is 6.69. The van der Waals surface area contributed by atoms with E-state index in [1.54, 1.807) is 12.1 Å². The number of benzene rings is 1. The Balaban J connectivity index is 0.00000169. The van der Waals surface area contributed by atoms with Crippen LogP contribution < -0.4 is 5.32 Å². The fraction of sp³-hybridized carbons (Fsp3) is 0.438. The number of hydrogen-bond donors (Lipinski definition) is 1. The van der Waals surface area contributed by atoms with Gasteiger partial charge in [-0.15, -0.1) is 36.2 Å². The van der Waals surface area contributed by atoms with Crippen molar-refractivity contribution in [1.29, 1.82) is 0 Å². The van der Waals surface area contributed by atoms with E-state index < -0.39 is 9.84 Å². The predicted octanol–water partition coefficient (Wildman–Crippen LogP) is 2.82. The summed E-state index contributed by atoms with van der Waals surface area (Å²) in [6.07, 6.45) is 1.21. The molecule has 26 heavy (non-hydrogen) atoms. The quantitative estimate of drug-likeness (QED) is 0.772. The Bertz CT molecular complexity index is 817. The molecule has 1 unspecified atom stereocenters. The van der Waals surface area contributed by atoms with E-state index in [2.05, 4.69) is 15.2 Å². The van der Waals surface area contributed by atoms with Crippen LogP contribution >= 0.6 is 36.2 Å². The van der Waals surface area contributed by atoms with Crippen LogP contribution in [0.15, 0.2) is 29.6 Å². The molecule has 1 aliphatic rings. The van der Waals surface area contributed by atoms with Crippen molar-refractivity contribution < 1.29 is 12.8 Å². The normalized spacial score (nSPS) is 18.0. The summed E-state index contributed by atoms with van der Waals surface area (Å²) in [5, 5.41) is 5.87. The minimum Gasteiger partial charge on any atom is -0.314 e. The van der Waals surface area contributed by atoms with Gasteiger partial charge in [-0.2, -0.15) is 0 Å². The third-order valence-corrected chi connectivity index (χ3v) is 5.82. The number of halogens is 3. The van der Waals surface area contributed by atoms with Gasteiger partial charge in [0.2, 0.25) is 0 Å². The van der Waals surface area contributed by atoms with Crippen molar-refractivity contribution in [3.05, 3.63) is 51.7 Å². The first kappa shape index (κ1) is 23.3. The Labute approximate surface area is 169 Å². The summed E-state index contributed by atoms with van der Waals surface area (Å²) in [7, 11) is -3.07. The van der Waals surface area contributed by atoms with Gasteiger partial charge in [0.25, 0.3) is 0 Å². The molecule has 0 radical (unpaired) electrons. The number of thiazole rings is 1. The second-order valence-corrected chi connectivity index (χ2v) is 9.13. The average molecular weight is 442 g/mol. The molecule has 1 saturated heterocycles. The maximum atomic E-state index is 13.5. The maximum Gasteiger partial charge on any atom is 0.153 e. The Morgan fingerprint density at radius 2 is 2.15 bits per heavy atom. The lowest BCUT2D eigenvalue weighted by Gasteiger charge is -2.36. The van der Waals surface area contributed by atoms with E-state index in [4.69, 9.17) is 0 Å². The minimum atomic E-state index is -3.07. The van der Waals surface area contributed by atoms with Crippen LogP contribution in [0.1, 0.15) is 22.3 Å². The van der Waals surface area contributed by atoms with Crippen LogP contribution in [0, 0.1) is 5.82 Å². The van der Waals surface area contributed by atoms with E-state index in [0.717, 1.165) is 30.9 Å². The van der Waals surface area contributed by atoms with Gasteiger partial charge >= 0.3 is 0 Å². The van der Waals surface area contributed by atoms with Crippen LogP contribution in [0.2, 0.25) is 0 Å². The lowest BCUT2D eigenvalue weighted by atomic mass is 10.0. The molecule has 2 aromatic rings. The highest BCUT2D eigenvalue weighted by molar-refractivity contribution is 7.90. The molecule has 0 aliphatic carbocycles. The lowest BCUT2D eigenvalue weighted by Crippen LogP contribution is -2.45. The number of nitrogens with zero attached hydrogens (tertiary/aromatic N) is 2. The molecular formula is C16H22Cl2FN3O2S2. The second kappa shape index (κ2) is 9.96. The zero-order valence-electron chi connectivity index (χ0n) is 14.2. The molecule has 0 bridgehead atoms. The molecule has 1 aliphatic heterocycles. The molecule has 1 aromatic heterocycles. The van der Waals surface area contributed by atoms with Crippen LogP contribution in [-0.2, 0) is 22.1 Å². The molecule has 1 fully saturated rings. The highest BCUT2D eigenvalue weighted by atomic mass is 35.5. The van der Waals surface area contributed by atoms with Gasteiger partial charge < -0.3 is 5.32 Å². The van der Waals surface area contributed by atoms with Gasteiger partial charge in [0, 0.05) is 43.9 Å². The summed E-state index contributed by atoms with van der Waals surface area (Å²) in [6, 6.07) is 6.76. The van der Waals surface area contributed by atoms with Crippen molar-refractivity contribution in [3.8, 4) is 0 Å². The molecule has 0 saturated carbocycles. The molecule has 146 valence electrons. The standard InChI is InChI=1S/C16H20FN3O2S2.2ClH/c1-24(21,22)11-16-19-14(10-23-16)9-20-6-5-18-8-15(20)12-3-2-4-13(17)7-12;;/h2-4,7,10,15,18H,5-6,8-9,11H2,1H3;2*1H. The van der Waals surface area contributed by atoms with Gasteiger partial charge in [-0.25, -0.2) is 17.8 Å². The summed E-state index contributed by atoms with van der Waals surface area (Å²) in [5.74, 6) is -0.255. The number of aromatic nitrogens is 1. The summed E-state index contributed by atoms with van der Waals surface area (Å²) >= 11 is 1.37. The number of hydrogen-bond acceptors (Lipinski definition) is 6. The maximum absolute atomic E-state index is 13.5. The first-order chi connectivity index (χ1) is 11.4. The molecule has 0 spiro atoms. The van der Waals surface area contributed by atoms with E-state index in [1.165, 1.54) is 23.7 Å². The number of nitrogens with one attached hydrogen (secondary N) is 1. The number of rotatable bonds is 5. The van der Waals surface area contributed by atoms with Crippen molar-refractivity contribution in [3.63, 3.8) is 0 Å². The third-order valence-electron chi connectivity index (χ3n) is 3.94. The topological polar surface area (TPSA) is 62.3 Å². The largest absolute Gasteiger partial charge is 0.314 e. The van der Waals surface area contributed by atoms with E-state index in [1.807, 2.05) is 11.4 Å². The van der Waals surface area contributed by atoms with Crippen molar-refractivity contribution in [1.82, 2.24) is 15.2 Å². The number of piperazine rings is 1. The molecule has 1 aromatic carbocycles. The first-order valence-electron chi connectivity index (χ1n) is 7.72. The summed E-state index contributed by atoms with van der Waals surface area (Å²) < 4.78 is 36.3. The van der Waals surface area contributed by atoms with Gasteiger partial charge in [-0.05, 0) is 17.7 Å². The van der Waals surface area contributed by atoms with E-state index in [0.29, 0.717) is 11.6 Å². The zero-order valence-corrected chi connectivity index (χ0v) is 17.5. The lowest BCUT2D eigenvalue weighted by molar-refractivity contribution is 0.152. The van der Waals surface area contributed by atoms with Gasteiger partial charge in [0.15, 0.2) is 9.84 Å². The van der Waals surface area contributed by atoms with Crippen molar-refractivity contribution in [2.75, 3.05) is 25.9 Å². The SMILES string of the molecule is CS(=O)(=O)Cc1nc(CN2CCNCC2c2cccc(F)c2)cs1.Cl.Cl. The number of sulfone groups is 1. The predicted molar refractivity (Wildman–Crippen MR) is 108 cm³/mol. The van der Waals surface area contributed by atoms with Gasteiger partial charge in [0.05, 0.1) is 5.69 Å². The Morgan fingerprint density at radius 1 is 1.38 bits per heavy atom.